The maximum absolute atomic E-state index is 17.2. The Morgan fingerprint density at radius 1 is 0.924 bits per heavy atom. The molecule has 2 aliphatic rings. The predicted molar refractivity (Wildman–Crippen MR) is 243 cm³/mol. The first-order valence-electron chi connectivity index (χ1n) is 21.7. The van der Waals surface area contributed by atoms with Gasteiger partial charge in [-0.25, -0.2) is 28.7 Å². The van der Waals surface area contributed by atoms with Crippen molar-refractivity contribution < 1.29 is 45.8 Å². The molecule has 2 saturated heterocycles. The van der Waals surface area contributed by atoms with Crippen LogP contribution in [0.1, 0.15) is 77.2 Å². The normalized spacial score (nSPS) is 24.2. The number of carbonyl (C=O) groups is 2. The maximum Gasteiger partial charge on any atom is 0.327 e. The third kappa shape index (κ3) is 10.1. The number of hydrogen-bond donors (Lipinski definition) is 3. The Morgan fingerprint density at radius 3 is 2.27 bits per heavy atom. The van der Waals surface area contributed by atoms with Crippen LogP contribution in [0.25, 0.3) is 22.3 Å². The van der Waals surface area contributed by atoms with Crippen molar-refractivity contribution in [2.45, 2.75) is 122 Å². The fourth-order valence-corrected chi connectivity index (χ4v) is 12.7. The van der Waals surface area contributed by atoms with Gasteiger partial charge in [0.05, 0.1) is 44.5 Å². The van der Waals surface area contributed by atoms with Crippen LogP contribution >= 0.6 is 6.72 Å². The summed E-state index contributed by atoms with van der Waals surface area (Å²) < 4.78 is 74.5. The molecule has 25 heteroatoms. The van der Waals surface area contributed by atoms with E-state index in [2.05, 4.69) is 40.5 Å². The van der Waals surface area contributed by atoms with Gasteiger partial charge < -0.3 is 28.3 Å². The maximum atomic E-state index is 17.2. The van der Waals surface area contributed by atoms with Crippen LogP contribution < -0.4 is 16.2 Å². The summed E-state index contributed by atoms with van der Waals surface area (Å²) in [6.45, 7) is 6.24. The number of alkyl halides is 2. The number of fused-ring (bicyclic) bond motifs is 2. The van der Waals surface area contributed by atoms with Crippen molar-refractivity contribution in [2.24, 2.45) is 5.92 Å². The SMILES string of the molecule is CC[C@H]1O[C@@H](n2cnc3c(=O)[nH]c(NC(=O)C(C)C)nc32)[C@H](OP(=S)(OCCC#N)OC[C@H]2O[C@@H](n3cnc4c(NC(=O)c5ccccc5)ncnc43)[C@H](F)[C@@H]2O[Si](CC)(CC)CC)[C@@H]1F. The number of nitrogens with one attached hydrogen (secondary N) is 3. The third-order valence-corrected chi connectivity index (χ3v) is 18.7. The zero-order valence-corrected chi connectivity index (χ0v) is 39.8. The van der Waals surface area contributed by atoms with E-state index in [4.69, 9.17) is 39.3 Å². The van der Waals surface area contributed by atoms with Crippen LogP contribution in [0.3, 0.4) is 0 Å². The molecule has 0 spiro atoms. The van der Waals surface area contributed by atoms with Crippen molar-refractivity contribution >= 4 is 72.8 Å². The van der Waals surface area contributed by atoms with Crippen molar-refractivity contribution in [3.63, 3.8) is 0 Å². The molecule has 2 amide bonds. The van der Waals surface area contributed by atoms with Gasteiger partial charge in [0.25, 0.3) is 11.5 Å². The van der Waals surface area contributed by atoms with E-state index in [1.165, 1.54) is 28.1 Å². The molecule has 7 rings (SSSR count). The Balaban J connectivity index is 1.19. The number of halogens is 2. The topological polar surface area (TPSA) is 245 Å². The third-order valence-electron chi connectivity index (χ3n) is 11.7. The molecular formula is C41H52F2N11O9PSSi. The first-order chi connectivity index (χ1) is 31.7. The minimum atomic E-state index is -4.10. The number of nitrogens with zero attached hydrogens (tertiary/aromatic N) is 8. The molecule has 1 aromatic carbocycles. The highest BCUT2D eigenvalue weighted by Crippen LogP contribution is 2.55. The fraction of sp³-hybridized carbons (Fsp3) is 0.537. The molecule has 20 nitrogen and oxygen atoms in total. The summed E-state index contributed by atoms with van der Waals surface area (Å²) in [6, 6.07) is 12.5. The van der Waals surface area contributed by atoms with Crippen LogP contribution in [-0.4, -0.2) is 109 Å². The first kappa shape index (κ1) is 49.0. The zero-order valence-electron chi connectivity index (χ0n) is 37.1. The van der Waals surface area contributed by atoms with E-state index in [0.29, 0.717) is 23.7 Å². The van der Waals surface area contributed by atoms with Crippen LogP contribution in [0.2, 0.25) is 18.1 Å². The minimum Gasteiger partial charge on any atom is -0.408 e. The largest absolute Gasteiger partial charge is 0.408 e. The van der Waals surface area contributed by atoms with Crippen molar-refractivity contribution in [2.75, 3.05) is 23.8 Å². The van der Waals surface area contributed by atoms with E-state index in [1.807, 2.05) is 26.8 Å². The van der Waals surface area contributed by atoms with Crippen LogP contribution in [-0.2, 0) is 44.1 Å². The second-order valence-corrected chi connectivity index (χ2v) is 23.7. The number of ether oxygens (including phenoxy) is 2. The number of anilines is 2. The number of aromatic amines is 1. The molecule has 5 aromatic rings. The van der Waals surface area contributed by atoms with Crippen molar-refractivity contribution in [3.05, 3.63) is 65.2 Å². The van der Waals surface area contributed by atoms with Crippen LogP contribution in [0.15, 0.2) is 54.1 Å². The van der Waals surface area contributed by atoms with Gasteiger partial charge in [-0.05, 0) is 48.5 Å². The standard InChI is InChI=1S/C41H52F2N11O9PSSi/c1-7-25-27(42)32(40(60-25)54-22-48-30-35(54)50-41(52-38(30)57)51-36(55)23(5)6)62-64(65,58-18-14-17-44)59-19-26-31(63-66(8-2,9-3)10-4)28(43)39(61-26)53-21-47-29-33(45-20-46-34(29)53)49-37(56)24-15-12-11-13-16-24/h11-13,15-16,20-23,25-28,31-32,39-40H,7-10,14,18-19H2,1-6H3,(H,45,46,49,56)(H2,50,51,52,55,57)/t25-,26-,27-,28-,31-,32-,39-,40-,64?/m1/s1. The van der Waals surface area contributed by atoms with Gasteiger partial charge in [-0.2, -0.15) is 10.2 Å². The average molecular weight is 972 g/mol. The highest BCUT2D eigenvalue weighted by Gasteiger charge is 2.53. The summed E-state index contributed by atoms with van der Waals surface area (Å²) in [5.41, 5.74) is -0.0870. The van der Waals surface area contributed by atoms with E-state index >= 15 is 8.78 Å². The molecule has 0 radical (unpaired) electrons. The molecular weight excluding hydrogens is 920 g/mol. The van der Waals surface area contributed by atoms with E-state index in [0.717, 1.165) is 0 Å². The second kappa shape index (κ2) is 20.9. The molecule has 9 atom stereocenters. The lowest BCUT2D eigenvalue weighted by molar-refractivity contribution is -0.118. The Bertz CT molecular complexity index is 2660. The van der Waals surface area contributed by atoms with Gasteiger partial charge >= 0.3 is 6.72 Å². The predicted octanol–water partition coefficient (Wildman–Crippen LogP) is 6.63. The number of amides is 2. The average Bonchev–Trinajstić information content (AvgIpc) is 4.09. The number of H-pyrrole nitrogens is 1. The summed E-state index contributed by atoms with van der Waals surface area (Å²) >= 11 is 5.93. The van der Waals surface area contributed by atoms with E-state index in [9.17, 15) is 19.6 Å². The summed E-state index contributed by atoms with van der Waals surface area (Å²) in [5, 5.41) is 14.7. The molecule has 3 N–H and O–H groups in total. The summed E-state index contributed by atoms with van der Waals surface area (Å²) in [6.07, 6.45) is -7.36. The molecule has 0 bridgehead atoms. The Kier molecular flexibility index (Phi) is 15.5. The van der Waals surface area contributed by atoms with Gasteiger partial charge in [-0.3, -0.25) is 38.3 Å². The Hall–Kier alpha value is -4.96. The lowest BCUT2D eigenvalue weighted by Crippen LogP contribution is -2.46. The summed E-state index contributed by atoms with van der Waals surface area (Å²) in [5.74, 6) is -1.34. The molecule has 2 aliphatic heterocycles. The van der Waals surface area contributed by atoms with Crippen LogP contribution in [0.4, 0.5) is 20.5 Å². The van der Waals surface area contributed by atoms with Crippen molar-refractivity contribution in [1.29, 1.82) is 5.26 Å². The number of carbonyl (C=O) groups excluding carboxylic acids is 2. The van der Waals surface area contributed by atoms with E-state index in [-0.39, 0.29) is 53.5 Å². The van der Waals surface area contributed by atoms with Crippen LogP contribution in [0.5, 0.6) is 0 Å². The van der Waals surface area contributed by atoms with Crippen molar-refractivity contribution in [1.82, 2.24) is 39.0 Å². The van der Waals surface area contributed by atoms with E-state index < -0.39 is 94.1 Å². The monoisotopic (exact) mass is 971 g/mol. The molecule has 6 heterocycles. The Morgan fingerprint density at radius 2 is 1.61 bits per heavy atom. The fourth-order valence-electron chi connectivity index (χ4n) is 7.78. The summed E-state index contributed by atoms with van der Waals surface area (Å²) in [7, 11) is -2.55. The minimum absolute atomic E-state index is 0.0437. The molecule has 1 unspecified atom stereocenters. The number of rotatable bonds is 20. The lowest BCUT2D eigenvalue weighted by Gasteiger charge is -2.34. The number of nitriles is 1. The van der Waals surface area contributed by atoms with Gasteiger partial charge in [-0.1, -0.05) is 59.7 Å². The highest BCUT2D eigenvalue weighted by molar-refractivity contribution is 8.07. The van der Waals surface area contributed by atoms with Gasteiger partial charge in [0.1, 0.15) is 24.6 Å². The summed E-state index contributed by atoms with van der Waals surface area (Å²) in [4.78, 5) is 62.7. The first-order valence-corrected chi connectivity index (χ1v) is 26.8. The zero-order chi connectivity index (χ0) is 47.3. The molecule has 0 aliphatic carbocycles. The quantitative estimate of drug-likeness (QED) is 0.0421. The number of imidazole rings is 2. The molecule has 4 aromatic heterocycles. The molecule has 0 saturated carbocycles. The number of hydrogen-bond acceptors (Lipinski definition) is 16. The number of aromatic nitrogens is 8. The Labute approximate surface area is 384 Å². The molecule has 2 fully saturated rings. The van der Waals surface area contributed by atoms with Gasteiger partial charge in [-0.15, -0.1) is 0 Å². The lowest BCUT2D eigenvalue weighted by atomic mass is 10.1. The molecule has 66 heavy (non-hydrogen) atoms. The smallest absolute Gasteiger partial charge is 0.327 e. The van der Waals surface area contributed by atoms with Gasteiger partial charge in [0.2, 0.25) is 11.9 Å². The van der Waals surface area contributed by atoms with E-state index in [1.54, 1.807) is 51.1 Å². The molecule has 354 valence electrons. The second-order valence-electron chi connectivity index (χ2n) is 16.1. The van der Waals surface area contributed by atoms with Crippen LogP contribution in [0, 0.1) is 17.2 Å². The number of benzene rings is 1. The van der Waals surface area contributed by atoms with Crippen molar-refractivity contribution in [3.8, 4) is 6.07 Å². The highest BCUT2D eigenvalue weighted by atomic mass is 32.5. The van der Waals surface area contributed by atoms with Gasteiger partial charge in [0, 0.05) is 11.5 Å². The van der Waals surface area contributed by atoms with Gasteiger partial charge in [0.15, 0.2) is 61.3 Å².